The standard InChI is InChI=1S/C19H16Cl2N2O3/c1-10(24)11-2-4-14(5-3-11)22-18(25)16-9-17(16)19(26)23-15-7-12(20)6-13(21)8-15/h2-8,16-17H,9H2,1H3,(H,22,25)(H,23,26). The predicted octanol–water partition coefficient (Wildman–Crippen LogP) is 4.41. The maximum absolute atomic E-state index is 12.3. The molecule has 2 aromatic carbocycles. The van der Waals surface area contributed by atoms with E-state index in [4.69, 9.17) is 23.2 Å². The van der Waals surface area contributed by atoms with Gasteiger partial charge >= 0.3 is 0 Å². The highest BCUT2D eigenvalue weighted by Crippen LogP contribution is 2.40. The summed E-state index contributed by atoms with van der Waals surface area (Å²) >= 11 is 11.8. The molecule has 2 unspecified atom stereocenters. The molecule has 2 N–H and O–H groups in total. The van der Waals surface area contributed by atoms with Gasteiger partial charge in [0.2, 0.25) is 11.8 Å². The van der Waals surface area contributed by atoms with E-state index >= 15 is 0 Å². The van der Waals surface area contributed by atoms with Crippen molar-refractivity contribution >= 4 is 52.2 Å². The SMILES string of the molecule is CC(=O)c1ccc(NC(=O)C2CC2C(=O)Nc2cc(Cl)cc(Cl)c2)cc1. The van der Waals surface area contributed by atoms with Crippen LogP contribution >= 0.6 is 23.2 Å². The first kappa shape index (κ1) is 18.4. The molecule has 0 aromatic heterocycles. The van der Waals surface area contributed by atoms with E-state index in [1.807, 2.05) is 0 Å². The summed E-state index contributed by atoms with van der Waals surface area (Å²) in [6, 6.07) is 11.4. The number of Topliss-reactive ketones (excluding diaryl/α,β-unsaturated/α-hetero) is 1. The van der Waals surface area contributed by atoms with Crippen molar-refractivity contribution < 1.29 is 14.4 Å². The molecule has 1 saturated carbocycles. The minimum atomic E-state index is -0.385. The second kappa shape index (κ2) is 7.48. The monoisotopic (exact) mass is 390 g/mol. The highest BCUT2D eigenvalue weighted by Gasteiger charge is 2.48. The van der Waals surface area contributed by atoms with Crippen LogP contribution < -0.4 is 10.6 Å². The number of carbonyl (C=O) groups excluding carboxylic acids is 3. The summed E-state index contributed by atoms with van der Waals surface area (Å²) in [6.45, 7) is 1.48. The van der Waals surface area contributed by atoms with Crippen molar-refractivity contribution in [3.05, 3.63) is 58.1 Å². The van der Waals surface area contributed by atoms with Gasteiger partial charge in [0.25, 0.3) is 0 Å². The number of ketones is 1. The molecule has 0 radical (unpaired) electrons. The Labute approximate surface area is 160 Å². The van der Waals surface area contributed by atoms with Gasteiger partial charge in [-0.05, 0) is 55.8 Å². The Bertz CT molecular complexity index is 861. The lowest BCUT2D eigenvalue weighted by atomic mass is 10.1. The van der Waals surface area contributed by atoms with E-state index in [2.05, 4.69) is 10.6 Å². The molecule has 1 fully saturated rings. The lowest BCUT2D eigenvalue weighted by Crippen LogP contribution is -2.20. The summed E-state index contributed by atoms with van der Waals surface area (Å²) in [5.41, 5.74) is 1.66. The van der Waals surface area contributed by atoms with Gasteiger partial charge in [-0.15, -0.1) is 0 Å². The third-order valence-corrected chi connectivity index (χ3v) is 4.59. The second-order valence-corrected chi connectivity index (χ2v) is 7.09. The smallest absolute Gasteiger partial charge is 0.228 e. The molecule has 0 heterocycles. The molecule has 2 aromatic rings. The Morgan fingerprint density at radius 3 is 1.85 bits per heavy atom. The lowest BCUT2D eigenvalue weighted by Gasteiger charge is -2.07. The summed E-state index contributed by atoms with van der Waals surface area (Å²) in [6.07, 6.45) is 0.484. The topological polar surface area (TPSA) is 75.3 Å². The largest absolute Gasteiger partial charge is 0.326 e. The van der Waals surface area contributed by atoms with Crippen LogP contribution in [0.2, 0.25) is 10.0 Å². The molecule has 2 atom stereocenters. The van der Waals surface area contributed by atoms with Crippen molar-refractivity contribution in [2.24, 2.45) is 11.8 Å². The molecule has 26 heavy (non-hydrogen) atoms. The van der Waals surface area contributed by atoms with E-state index in [0.29, 0.717) is 33.4 Å². The van der Waals surface area contributed by atoms with Gasteiger partial charge < -0.3 is 10.6 Å². The number of benzene rings is 2. The number of nitrogens with one attached hydrogen (secondary N) is 2. The van der Waals surface area contributed by atoms with Gasteiger partial charge in [0.1, 0.15) is 0 Å². The van der Waals surface area contributed by atoms with Crippen LogP contribution in [-0.2, 0) is 9.59 Å². The number of hydrogen-bond acceptors (Lipinski definition) is 3. The molecule has 3 rings (SSSR count). The summed E-state index contributed by atoms with van der Waals surface area (Å²) in [7, 11) is 0. The maximum Gasteiger partial charge on any atom is 0.228 e. The van der Waals surface area contributed by atoms with Crippen LogP contribution in [0, 0.1) is 11.8 Å². The van der Waals surface area contributed by atoms with E-state index in [1.165, 1.54) is 6.92 Å². The van der Waals surface area contributed by atoms with Crippen LogP contribution in [0.25, 0.3) is 0 Å². The van der Waals surface area contributed by atoms with E-state index in [1.54, 1.807) is 42.5 Å². The van der Waals surface area contributed by atoms with Crippen LogP contribution in [0.4, 0.5) is 11.4 Å². The van der Waals surface area contributed by atoms with E-state index < -0.39 is 0 Å². The zero-order valence-corrected chi connectivity index (χ0v) is 15.4. The Balaban J connectivity index is 1.56. The van der Waals surface area contributed by atoms with E-state index in [9.17, 15) is 14.4 Å². The van der Waals surface area contributed by atoms with Crippen molar-refractivity contribution in [1.29, 1.82) is 0 Å². The molecular weight excluding hydrogens is 375 g/mol. The molecule has 0 spiro atoms. The van der Waals surface area contributed by atoms with Gasteiger partial charge in [0.15, 0.2) is 5.78 Å². The Morgan fingerprint density at radius 2 is 1.35 bits per heavy atom. The minimum Gasteiger partial charge on any atom is -0.326 e. The third kappa shape index (κ3) is 4.42. The summed E-state index contributed by atoms with van der Waals surface area (Å²) in [5, 5.41) is 6.34. The van der Waals surface area contributed by atoms with Crippen LogP contribution in [0.3, 0.4) is 0 Å². The zero-order chi connectivity index (χ0) is 18.8. The number of hydrogen-bond donors (Lipinski definition) is 2. The van der Waals surface area contributed by atoms with Gasteiger partial charge in [0.05, 0.1) is 11.8 Å². The average Bonchev–Trinajstić information content (AvgIpc) is 3.35. The zero-order valence-electron chi connectivity index (χ0n) is 13.9. The first-order valence-corrected chi connectivity index (χ1v) is 8.78. The van der Waals surface area contributed by atoms with Crippen molar-refractivity contribution in [3.63, 3.8) is 0 Å². The van der Waals surface area contributed by atoms with E-state index in [-0.39, 0.29) is 29.4 Å². The number of halogens is 2. The molecule has 1 aliphatic carbocycles. The molecule has 5 nitrogen and oxygen atoms in total. The first-order valence-electron chi connectivity index (χ1n) is 8.02. The molecule has 0 saturated heterocycles. The molecule has 0 bridgehead atoms. The highest BCUT2D eigenvalue weighted by atomic mass is 35.5. The Morgan fingerprint density at radius 1 is 0.846 bits per heavy atom. The fourth-order valence-corrected chi connectivity index (χ4v) is 3.18. The van der Waals surface area contributed by atoms with Crippen LogP contribution in [0.1, 0.15) is 23.7 Å². The molecular formula is C19H16Cl2N2O3. The maximum atomic E-state index is 12.3. The lowest BCUT2D eigenvalue weighted by molar-refractivity contribution is -0.122. The van der Waals surface area contributed by atoms with Crippen molar-refractivity contribution in [2.45, 2.75) is 13.3 Å². The highest BCUT2D eigenvalue weighted by molar-refractivity contribution is 6.35. The summed E-state index contributed by atoms with van der Waals surface area (Å²) in [4.78, 5) is 35.8. The fourth-order valence-electron chi connectivity index (χ4n) is 2.66. The van der Waals surface area contributed by atoms with Crippen molar-refractivity contribution in [2.75, 3.05) is 10.6 Å². The number of anilines is 2. The molecule has 2 amide bonds. The van der Waals surface area contributed by atoms with E-state index in [0.717, 1.165) is 0 Å². The minimum absolute atomic E-state index is 0.0390. The van der Waals surface area contributed by atoms with Crippen LogP contribution in [0.15, 0.2) is 42.5 Å². The number of carbonyl (C=O) groups is 3. The average molecular weight is 391 g/mol. The normalized spacial score (nSPS) is 18.1. The van der Waals surface area contributed by atoms with Gasteiger partial charge in [-0.25, -0.2) is 0 Å². The number of amides is 2. The predicted molar refractivity (Wildman–Crippen MR) is 102 cm³/mol. The summed E-state index contributed by atoms with van der Waals surface area (Å²) in [5.74, 6) is -1.26. The van der Waals surface area contributed by atoms with Gasteiger partial charge in [-0.1, -0.05) is 23.2 Å². The van der Waals surface area contributed by atoms with Gasteiger partial charge in [0, 0.05) is 27.0 Å². The molecule has 134 valence electrons. The third-order valence-electron chi connectivity index (χ3n) is 4.15. The Hall–Kier alpha value is -2.37. The van der Waals surface area contributed by atoms with Crippen LogP contribution in [0.5, 0.6) is 0 Å². The fraction of sp³-hybridized carbons (Fsp3) is 0.211. The molecule has 7 heteroatoms. The first-order chi connectivity index (χ1) is 12.3. The Kier molecular flexibility index (Phi) is 5.30. The van der Waals surface area contributed by atoms with Crippen LogP contribution in [-0.4, -0.2) is 17.6 Å². The molecule has 1 aliphatic rings. The van der Waals surface area contributed by atoms with Crippen molar-refractivity contribution in [1.82, 2.24) is 0 Å². The van der Waals surface area contributed by atoms with Crippen molar-refractivity contribution in [3.8, 4) is 0 Å². The van der Waals surface area contributed by atoms with Gasteiger partial charge in [-0.3, -0.25) is 14.4 Å². The quantitative estimate of drug-likeness (QED) is 0.742. The number of rotatable bonds is 5. The van der Waals surface area contributed by atoms with Gasteiger partial charge in [-0.2, -0.15) is 0 Å². The summed E-state index contributed by atoms with van der Waals surface area (Å²) < 4.78 is 0. The second-order valence-electron chi connectivity index (χ2n) is 6.22. The molecule has 0 aliphatic heterocycles.